The lowest BCUT2D eigenvalue weighted by atomic mass is 9.95. The molecule has 3 fully saturated rings. The molecule has 0 spiro atoms. The topological polar surface area (TPSA) is 18.5 Å². The van der Waals surface area contributed by atoms with Gasteiger partial charge in [-0.1, -0.05) is 12.8 Å². The normalized spacial score (nSPS) is 35.4. The second kappa shape index (κ2) is 5.34. The maximum absolute atomic E-state index is 3.91. The third-order valence-corrected chi connectivity index (χ3v) is 5.84. The summed E-state index contributed by atoms with van der Waals surface area (Å²) >= 11 is 0. The van der Waals surface area contributed by atoms with E-state index >= 15 is 0 Å². The van der Waals surface area contributed by atoms with E-state index in [1.165, 1.54) is 58.0 Å². The molecule has 2 saturated carbocycles. The van der Waals surface area contributed by atoms with Crippen molar-refractivity contribution in [3.63, 3.8) is 0 Å². The van der Waals surface area contributed by atoms with E-state index in [-0.39, 0.29) is 0 Å². The highest BCUT2D eigenvalue weighted by Crippen LogP contribution is 2.35. The summed E-state index contributed by atoms with van der Waals surface area (Å²) in [4.78, 5) is 5.22. The van der Waals surface area contributed by atoms with E-state index in [9.17, 15) is 0 Å². The van der Waals surface area contributed by atoms with E-state index in [4.69, 9.17) is 0 Å². The average Bonchev–Trinajstić information content (AvgIpc) is 2.97. The molecule has 2 unspecified atom stereocenters. The van der Waals surface area contributed by atoms with Crippen LogP contribution in [0.3, 0.4) is 0 Å². The largest absolute Gasteiger partial charge is 0.311 e. The summed E-state index contributed by atoms with van der Waals surface area (Å²) in [5.41, 5.74) is 0.441. The van der Waals surface area contributed by atoms with Crippen molar-refractivity contribution in [1.29, 1.82) is 0 Å². The SMILES string of the molecule is CC1CC(NCC2(N(C)C)CCCC2)CN1C1CC1. The van der Waals surface area contributed by atoms with E-state index in [2.05, 4.69) is 36.1 Å². The van der Waals surface area contributed by atoms with Crippen LogP contribution in [-0.2, 0) is 0 Å². The number of hydrogen-bond acceptors (Lipinski definition) is 3. The van der Waals surface area contributed by atoms with Crippen LogP contribution in [0.25, 0.3) is 0 Å². The molecule has 3 rings (SSSR count). The Morgan fingerprint density at radius 1 is 1.21 bits per heavy atom. The molecule has 3 nitrogen and oxygen atoms in total. The lowest BCUT2D eigenvalue weighted by molar-refractivity contribution is 0.149. The molecule has 110 valence electrons. The first kappa shape index (κ1) is 13.8. The molecule has 1 N–H and O–H groups in total. The third-order valence-electron chi connectivity index (χ3n) is 5.84. The van der Waals surface area contributed by atoms with Crippen LogP contribution in [0.5, 0.6) is 0 Å². The summed E-state index contributed by atoms with van der Waals surface area (Å²) in [6, 6.07) is 2.45. The van der Waals surface area contributed by atoms with Crippen LogP contribution < -0.4 is 5.32 Å². The van der Waals surface area contributed by atoms with Gasteiger partial charge in [0.1, 0.15) is 0 Å². The molecule has 3 heteroatoms. The molecule has 1 aliphatic heterocycles. The van der Waals surface area contributed by atoms with E-state index in [1.54, 1.807) is 0 Å². The van der Waals surface area contributed by atoms with Gasteiger partial charge in [-0.05, 0) is 53.1 Å². The molecule has 0 amide bonds. The van der Waals surface area contributed by atoms with Crippen LogP contribution in [0, 0.1) is 0 Å². The van der Waals surface area contributed by atoms with Gasteiger partial charge in [-0.2, -0.15) is 0 Å². The molecule has 1 heterocycles. The minimum absolute atomic E-state index is 0.441. The Labute approximate surface area is 118 Å². The van der Waals surface area contributed by atoms with Crippen LogP contribution in [0.2, 0.25) is 0 Å². The molecule has 19 heavy (non-hydrogen) atoms. The lowest BCUT2D eigenvalue weighted by Gasteiger charge is -2.37. The van der Waals surface area contributed by atoms with E-state index in [1.807, 2.05) is 0 Å². The first-order valence-corrected chi connectivity index (χ1v) is 8.27. The summed E-state index contributed by atoms with van der Waals surface area (Å²) in [5, 5.41) is 3.91. The Bertz CT molecular complexity index is 305. The smallest absolute Gasteiger partial charge is 0.0328 e. The van der Waals surface area contributed by atoms with Gasteiger partial charge in [0.05, 0.1) is 0 Å². The van der Waals surface area contributed by atoms with Gasteiger partial charge in [-0.3, -0.25) is 4.90 Å². The fourth-order valence-electron chi connectivity index (χ4n) is 4.27. The molecule has 0 aromatic carbocycles. The molecule has 0 radical (unpaired) electrons. The maximum Gasteiger partial charge on any atom is 0.0328 e. The van der Waals surface area contributed by atoms with Crippen molar-refractivity contribution in [2.45, 2.75) is 75.5 Å². The van der Waals surface area contributed by atoms with Crippen molar-refractivity contribution in [2.75, 3.05) is 27.2 Å². The van der Waals surface area contributed by atoms with Crippen molar-refractivity contribution in [3.05, 3.63) is 0 Å². The van der Waals surface area contributed by atoms with Crippen LogP contribution in [0.15, 0.2) is 0 Å². The lowest BCUT2D eigenvalue weighted by Crippen LogP contribution is -2.52. The molecule has 0 aromatic heterocycles. The Morgan fingerprint density at radius 2 is 1.89 bits per heavy atom. The summed E-state index contributed by atoms with van der Waals surface area (Å²) in [6.45, 7) is 4.89. The number of rotatable bonds is 5. The quantitative estimate of drug-likeness (QED) is 0.821. The number of likely N-dealkylation sites (N-methyl/N-ethyl adjacent to an activating group) is 1. The predicted octanol–water partition coefficient (Wildman–Crippen LogP) is 2.08. The van der Waals surface area contributed by atoms with E-state index in [0.717, 1.165) is 18.1 Å². The standard InChI is InChI=1S/C16H31N3/c1-13-10-14(11-19(13)15-6-7-15)17-12-16(18(2)3)8-4-5-9-16/h13-15,17H,4-12H2,1-3H3. The summed E-state index contributed by atoms with van der Waals surface area (Å²) < 4.78 is 0. The van der Waals surface area contributed by atoms with Gasteiger partial charge in [-0.25, -0.2) is 0 Å². The number of hydrogen-bond donors (Lipinski definition) is 1. The first-order chi connectivity index (χ1) is 9.11. The molecule has 0 bridgehead atoms. The third kappa shape index (κ3) is 2.84. The highest BCUT2D eigenvalue weighted by atomic mass is 15.3. The van der Waals surface area contributed by atoms with Crippen molar-refractivity contribution in [3.8, 4) is 0 Å². The second-order valence-electron chi connectivity index (χ2n) is 7.42. The van der Waals surface area contributed by atoms with Crippen molar-refractivity contribution in [1.82, 2.24) is 15.1 Å². The summed E-state index contributed by atoms with van der Waals surface area (Å²) in [7, 11) is 4.53. The number of nitrogens with zero attached hydrogens (tertiary/aromatic N) is 2. The second-order valence-corrected chi connectivity index (χ2v) is 7.42. The van der Waals surface area contributed by atoms with Gasteiger partial charge in [-0.15, -0.1) is 0 Å². The van der Waals surface area contributed by atoms with Gasteiger partial charge in [0.25, 0.3) is 0 Å². The van der Waals surface area contributed by atoms with Crippen LogP contribution >= 0.6 is 0 Å². The van der Waals surface area contributed by atoms with Gasteiger partial charge in [0.2, 0.25) is 0 Å². The van der Waals surface area contributed by atoms with Gasteiger partial charge in [0, 0.05) is 36.8 Å². The Morgan fingerprint density at radius 3 is 2.47 bits per heavy atom. The average molecular weight is 265 g/mol. The zero-order chi connectivity index (χ0) is 13.5. The highest BCUT2D eigenvalue weighted by molar-refractivity contribution is 4.99. The molecular formula is C16H31N3. The van der Waals surface area contributed by atoms with Gasteiger partial charge in [0.15, 0.2) is 0 Å². The Kier molecular flexibility index (Phi) is 3.89. The molecule has 3 aliphatic rings. The summed E-state index contributed by atoms with van der Waals surface area (Å²) in [5.74, 6) is 0. The number of likely N-dealkylation sites (tertiary alicyclic amines) is 1. The monoisotopic (exact) mass is 265 g/mol. The minimum atomic E-state index is 0.441. The highest BCUT2D eigenvalue weighted by Gasteiger charge is 2.40. The van der Waals surface area contributed by atoms with Crippen LogP contribution in [0.4, 0.5) is 0 Å². The molecular weight excluding hydrogens is 234 g/mol. The Hall–Kier alpha value is -0.120. The molecule has 2 aliphatic carbocycles. The fourth-order valence-corrected chi connectivity index (χ4v) is 4.27. The predicted molar refractivity (Wildman–Crippen MR) is 80.5 cm³/mol. The summed E-state index contributed by atoms with van der Waals surface area (Å²) in [6.07, 6.45) is 9.81. The van der Waals surface area contributed by atoms with E-state index in [0.29, 0.717) is 5.54 Å². The Balaban J connectivity index is 1.51. The van der Waals surface area contributed by atoms with Gasteiger partial charge < -0.3 is 10.2 Å². The van der Waals surface area contributed by atoms with Gasteiger partial charge >= 0.3 is 0 Å². The molecule has 0 aromatic rings. The minimum Gasteiger partial charge on any atom is -0.311 e. The van der Waals surface area contributed by atoms with E-state index < -0.39 is 0 Å². The maximum atomic E-state index is 3.91. The van der Waals surface area contributed by atoms with Crippen molar-refractivity contribution < 1.29 is 0 Å². The zero-order valence-corrected chi connectivity index (χ0v) is 13.0. The molecule has 2 atom stereocenters. The van der Waals surface area contributed by atoms with Crippen LogP contribution in [0.1, 0.15) is 51.9 Å². The fraction of sp³-hybridized carbons (Fsp3) is 1.00. The van der Waals surface area contributed by atoms with Crippen LogP contribution in [-0.4, -0.2) is 60.6 Å². The zero-order valence-electron chi connectivity index (χ0n) is 13.0. The van der Waals surface area contributed by atoms with Crippen molar-refractivity contribution in [2.24, 2.45) is 0 Å². The van der Waals surface area contributed by atoms with Crippen molar-refractivity contribution >= 4 is 0 Å². The first-order valence-electron chi connectivity index (χ1n) is 8.27. The molecule has 1 saturated heterocycles. The number of nitrogens with one attached hydrogen (secondary N) is 1.